The van der Waals surface area contributed by atoms with E-state index in [4.69, 9.17) is 11.6 Å². The van der Waals surface area contributed by atoms with Gasteiger partial charge in [-0.1, -0.05) is 51.4 Å². The average Bonchev–Trinajstić information content (AvgIpc) is 3.12. The molecule has 2 aromatic carbocycles. The Kier molecular flexibility index (Phi) is 5.89. The normalized spacial score (nSPS) is 22.8. The van der Waals surface area contributed by atoms with Crippen LogP contribution in [-0.4, -0.2) is 37.2 Å². The van der Waals surface area contributed by atoms with Gasteiger partial charge in [-0.3, -0.25) is 4.99 Å². The fraction of sp³-hybridized carbons (Fsp3) is 0.316. The molecule has 160 valence electrons. The predicted molar refractivity (Wildman–Crippen MR) is 118 cm³/mol. The van der Waals surface area contributed by atoms with Crippen molar-refractivity contribution in [3.63, 3.8) is 0 Å². The van der Waals surface area contributed by atoms with Gasteiger partial charge in [-0.05, 0) is 35.9 Å². The number of thioether (sulfide) groups is 1. The SMILES string of the molecule is O=S1(=O)CC2N=C(SCc3ccc(Br)cc3)N(c3cc(C(F)(F)F)ccc3Cl)C2C1. The largest absolute Gasteiger partial charge is 0.416 e. The fourth-order valence-corrected chi connectivity index (χ4v) is 6.91. The first-order valence-electron chi connectivity index (χ1n) is 8.85. The third kappa shape index (κ3) is 4.51. The zero-order valence-corrected chi connectivity index (χ0v) is 19.2. The molecular weight excluding hydrogens is 525 g/mol. The summed E-state index contributed by atoms with van der Waals surface area (Å²) >= 11 is 11.0. The number of benzene rings is 2. The first-order chi connectivity index (χ1) is 14.0. The number of amidine groups is 1. The van der Waals surface area contributed by atoms with Crippen molar-refractivity contribution in [3.05, 3.63) is 63.1 Å². The molecule has 4 rings (SSSR count). The molecule has 4 nitrogen and oxygen atoms in total. The van der Waals surface area contributed by atoms with E-state index >= 15 is 0 Å². The molecule has 2 unspecified atom stereocenters. The third-order valence-electron chi connectivity index (χ3n) is 4.92. The Labute approximate surface area is 189 Å². The zero-order valence-electron chi connectivity index (χ0n) is 15.2. The number of alkyl halides is 3. The molecule has 0 radical (unpaired) electrons. The molecule has 0 saturated carbocycles. The van der Waals surface area contributed by atoms with Gasteiger partial charge in [-0.25, -0.2) is 8.42 Å². The van der Waals surface area contributed by atoms with Crippen LogP contribution in [0.15, 0.2) is 51.9 Å². The van der Waals surface area contributed by atoms with Gasteiger partial charge in [0.05, 0.1) is 39.9 Å². The van der Waals surface area contributed by atoms with Gasteiger partial charge in [-0.2, -0.15) is 13.2 Å². The standard InChI is InChI=1S/C19H15BrClF3N2O2S2/c20-13-4-1-11(2-5-13)8-29-18-25-15-9-30(27,28)10-17(15)26(18)16-7-12(19(22,23)24)3-6-14(16)21/h1-7,15,17H,8-10H2. The lowest BCUT2D eigenvalue weighted by Crippen LogP contribution is -2.39. The van der Waals surface area contributed by atoms with Gasteiger partial charge < -0.3 is 4.90 Å². The van der Waals surface area contributed by atoms with Gasteiger partial charge in [0.1, 0.15) is 0 Å². The summed E-state index contributed by atoms with van der Waals surface area (Å²) in [6, 6.07) is 9.63. The van der Waals surface area contributed by atoms with Crippen LogP contribution >= 0.6 is 39.3 Å². The zero-order chi connectivity index (χ0) is 21.7. The van der Waals surface area contributed by atoms with Gasteiger partial charge in [0, 0.05) is 10.2 Å². The average molecular weight is 540 g/mol. The Morgan fingerprint density at radius 1 is 1.17 bits per heavy atom. The maximum absolute atomic E-state index is 13.3. The molecule has 0 aromatic heterocycles. The highest BCUT2D eigenvalue weighted by atomic mass is 79.9. The molecule has 0 spiro atoms. The van der Waals surface area contributed by atoms with Gasteiger partial charge in [-0.15, -0.1) is 0 Å². The third-order valence-corrected chi connectivity index (χ3v) is 8.51. The lowest BCUT2D eigenvalue weighted by Gasteiger charge is -2.28. The lowest BCUT2D eigenvalue weighted by molar-refractivity contribution is -0.137. The number of nitrogens with zero attached hydrogens (tertiary/aromatic N) is 2. The first-order valence-corrected chi connectivity index (χ1v) is 12.8. The first kappa shape index (κ1) is 22.0. The van der Waals surface area contributed by atoms with E-state index < -0.39 is 33.7 Å². The second-order valence-corrected chi connectivity index (χ2v) is 11.5. The quantitative estimate of drug-likeness (QED) is 0.524. The predicted octanol–water partition coefficient (Wildman–Crippen LogP) is 5.40. The summed E-state index contributed by atoms with van der Waals surface area (Å²) < 4.78 is 65.0. The van der Waals surface area contributed by atoms with E-state index in [0.29, 0.717) is 10.9 Å². The highest BCUT2D eigenvalue weighted by Crippen LogP contribution is 2.41. The molecule has 2 aliphatic rings. The molecule has 2 atom stereocenters. The van der Waals surface area contributed by atoms with Gasteiger partial charge in [0.25, 0.3) is 0 Å². The van der Waals surface area contributed by atoms with Crippen LogP contribution in [0.4, 0.5) is 18.9 Å². The molecule has 1 saturated heterocycles. The Morgan fingerprint density at radius 2 is 1.87 bits per heavy atom. The van der Waals surface area contributed by atoms with Crippen LogP contribution in [-0.2, 0) is 21.8 Å². The fourth-order valence-electron chi connectivity index (χ4n) is 3.52. The maximum Gasteiger partial charge on any atom is 0.416 e. The van der Waals surface area contributed by atoms with E-state index in [1.165, 1.54) is 17.8 Å². The number of sulfone groups is 1. The molecular formula is C19H15BrClF3N2O2S2. The Hall–Kier alpha value is -1.23. The number of hydrogen-bond acceptors (Lipinski definition) is 5. The van der Waals surface area contributed by atoms with E-state index in [9.17, 15) is 21.6 Å². The van der Waals surface area contributed by atoms with Crippen LogP contribution in [0.5, 0.6) is 0 Å². The number of aliphatic imine (C=N–C) groups is 1. The minimum Gasteiger partial charge on any atom is -0.313 e. The topological polar surface area (TPSA) is 49.7 Å². The highest BCUT2D eigenvalue weighted by molar-refractivity contribution is 9.10. The van der Waals surface area contributed by atoms with Crippen LogP contribution in [0.25, 0.3) is 0 Å². The number of anilines is 1. The van der Waals surface area contributed by atoms with Crippen LogP contribution in [0, 0.1) is 0 Å². The number of rotatable bonds is 3. The van der Waals surface area contributed by atoms with Crippen LogP contribution in [0.1, 0.15) is 11.1 Å². The van der Waals surface area contributed by atoms with Crippen molar-refractivity contribution < 1.29 is 21.6 Å². The minimum atomic E-state index is -4.54. The Balaban J connectivity index is 1.69. The number of fused-ring (bicyclic) bond motifs is 1. The van der Waals surface area contributed by atoms with Crippen molar-refractivity contribution in [2.24, 2.45) is 4.99 Å². The lowest BCUT2D eigenvalue weighted by atomic mass is 10.1. The summed E-state index contributed by atoms with van der Waals surface area (Å²) in [4.78, 5) is 6.11. The Morgan fingerprint density at radius 3 is 2.53 bits per heavy atom. The van der Waals surface area contributed by atoms with Gasteiger partial charge in [0.2, 0.25) is 0 Å². The number of hydrogen-bond donors (Lipinski definition) is 0. The smallest absolute Gasteiger partial charge is 0.313 e. The van der Waals surface area contributed by atoms with Crippen molar-refractivity contribution in [2.75, 3.05) is 16.4 Å². The minimum absolute atomic E-state index is 0.116. The van der Waals surface area contributed by atoms with Crippen molar-refractivity contribution >= 4 is 60.0 Å². The van der Waals surface area contributed by atoms with Gasteiger partial charge in [0.15, 0.2) is 15.0 Å². The monoisotopic (exact) mass is 538 g/mol. The maximum atomic E-state index is 13.3. The summed E-state index contributed by atoms with van der Waals surface area (Å²) in [5.41, 5.74) is 0.285. The van der Waals surface area contributed by atoms with Crippen LogP contribution < -0.4 is 4.90 Å². The summed E-state index contributed by atoms with van der Waals surface area (Å²) in [5, 5.41) is 0.592. The molecule has 0 N–H and O–H groups in total. The van der Waals surface area contributed by atoms with E-state index in [1.807, 2.05) is 24.3 Å². The molecule has 0 amide bonds. The summed E-state index contributed by atoms with van der Waals surface area (Å²) in [6.45, 7) is 0. The molecule has 2 aromatic rings. The second kappa shape index (κ2) is 8.03. The van der Waals surface area contributed by atoms with Crippen molar-refractivity contribution in [1.29, 1.82) is 0 Å². The molecule has 0 bridgehead atoms. The molecule has 1 fully saturated rings. The van der Waals surface area contributed by atoms with Gasteiger partial charge >= 0.3 is 6.18 Å². The van der Waals surface area contributed by atoms with E-state index in [-0.39, 0.29) is 22.2 Å². The van der Waals surface area contributed by atoms with Crippen molar-refractivity contribution in [1.82, 2.24) is 0 Å². The summed E-state index contributed by atoms with van der Waals surface area (Å²) in [7, 11) is -3.32. The van der Waals surface area contributed by atoms with E-state index in [1.54, 1.807) is 4.90 Å². The van der Waals surface area contributed by atoms with Crippen LogP contribution in [0.3, 0.4) is 0 Å². The molecule has 2 heterocycles. The molecule has 30 heavy (non-hydrogen) atoms. The molecule has 0 aliphatic carbocycles. The van der Waals surface area contributed by atoms with Crippen molar-refractivity contribution in [3.8, 4) is 0 Å². The second-order valence-electron chi connectivity index (χ2n) is 7.07. The molecule has 11 heteroatoms. The van der Waals surface area contributed by atoms with E-state index in [2.05, 4.69) is 20.9 Å². The van der Waals surface area contributed by atoms with Crippen LogP contribution in [0.2, 0.25) is 5.02 Å². The Bertz CT molecular complexity index is 1110. The summed E-state index contributed by atoms with van der Waals surface area (Å²) in [5.74, 6) is 0.245. The van der Waals surface area contributed by atoms with Crippen molar-refractivity contribution in [2.45, 2.75) is 24.0 Å². The van der Waals surface area contributed by atoms with E-state index in [0.717, 1.165) is 22.2 Å². The summed E-state index contributed by atoms with van der Waals surface area (Å²) in [6.07, 6.45) is -4.54. The highest BCUT2D eigenvalue weighted by Gasteiger charge is 2.48. The molecule has 2 aliphatic heterocycles. The number of halogens is 5.